The molecule has 8 saturated carbocycles. The second-order valence-electron chi connectivity index (χ2n) is 28.8. The Balaban J connectivity index is 0.733. The first-order valence-corrected chi connectivity index (χ1v) is 32.3. The van der Waals surface area contributed by atoms with E-state index in [-0.39, 0.29) is 11.8 Å². The van der Waals surface area contributed by atoms with E-state index in [1.807, 2.05) is 0 Å². The summed E-state index contributed by atoms with van der Waals surface area (Å²) in [6.07, 6.45) is 49.6. The van der Waals surface area contributed by atoms with E-state index in [2.05, 4.69) is 64.3 Å². The van der Waals surface area contributed by atoms with Gasteiger partial charge in [-0.25, -0.2) is 0 Å². The highest BCUT2D eigenvalue weighted by Gasteiger charge is 2.62. The van der Waals surface area contributed by atoms with Crippen LogP contribution in [0.4, 0.5) is 0 Å². The van der Waals surface area contributed by atoms with E-state index < -0.39 is 0 Å². The summed E-state index contributed by atoms with van der Waals surface area (Å²) in [7, 11) is 0. The smallest absolute Gasteiger partial charge is 0.220 e. The van der Waals surface area contributed by atoms with Gasteiger partial charge in [0.25, 0.3) is 0 Å². The number of hydrogen-bond acceptors (Lipinski definition) is 4. The Morgan fingerprint density at radius 1 is 0.472 bits per heavy atom. The number of nitrogens with one attached hydrogen (secondary N) is 2. The molecule has 0 aromatic heterocycles. The molecule has 8 aliphatic rings. The predicted molar refractivity (Wildman–Crippen MR) is 303 cm³/mol. The molecule has 0 aliphatic heterocycles. The summed E-state index contributed by atoms with van der Waals surface area (Å²) in [4.78, 5) is 25.7. The molecular weight excluding hydrogens is 881 g/mol. The van der Waals surface area contributed by atoms with Crippen LogP contribution in [0.2, 0.25) is 0 Å². The molecule has 0 radical (unpaired) electrons. The maximum atomic E-state index is 12.8. The van der Waals surface area contributed by atoms with Crippen molar-refractivity contribution in [2.75, 3.05) is 26.2 Å². The average Bonchev–Trinajstić information content (AvgIpc) is 3.92. The third-order valence-corrected chi connectivity index (χ3v) is 25.2. The summed E-state index contributed by atoms with van der Waals surface area (Å²) in [6, 6.07) is 0. The fourth-order valence-electron chi connectivity index (χ4n) is 21.0. The van der Waals surface area contributed by atoms with Crippen molar-refractivity contribution in [3.63, 3.8) is 0 Å². The molecule has 6 nitrogen and oxygen atoms in total. The van der Waals surface area contributed by atoms with Gasteiger partial charge in [-0.3, -0.25) is 9.59 Å². The van der Waals surface area contributed by atoms with Crippen molar-refractivity contribution in [3.05, 3.63) is 12.2 Å². The molecule has 0 aromatic rings. The van der Waals surface area contributed by atoms with Gasteiger partial charge in [-0.15, -0.1) is 0 Å². The van der Waals surface area contributed by atoms with Gasteiger partial charge in [0, 0.05) is 25.9 Å². The van der Waals surface area contributed by atoms with E-state index in [9.17, 15) is 9.59 Å². The van der Waals surface area contributed by atoms with Crippen LogP contribution in [0.3, 0.4) is 0 Å². The first-order chi connectivity index (χ1) is 34.7. The van der Waals surface area contributed by atoms with Gasteiger partial charge < -0.3 is 22.1 Å². The maximum Gasteiger partial charge on any atom is 0.220 e. The second-order valence-corrected chi connectivity index (χ2v) is 28.8. The lowest BCUT2D eigenvalue weighted by molar-refractivity contribution is -0.124. The van der Waals surface area contributed by atoms with Crippen LogP contribution in [-0.4, -0.2) is 38.0 Å². The molecule has 0 heterocycles. The van der Waals surface area contributed by atoms with Crippen LogP contribution in [0.25, 0.3) is 0 Å². The van der Waals surface area contributed by atoms with Crippen molar-refractivity contribution in [3.8, 4) is 0 Å². The molecule has 8 aliphatic carbocycles. The normalized spacial score (nSPS) is 41.1. The van der Waals surface area contributed by atoms with Gasteiger partial charge in [-0.05, 0) is 285 Å². The van der Waals surface area contributed by atoms with Gasteiger partial charge in [0.15, 0.2) is 0 Å². The minimum absolute atomic E-state index is 0.279. The summed E-state index contributed by atoms with van der Waals surface area (Å²) in [6.45, 7) is 19.2. The largest absolute Gasteiger partial charge is 0.356 e. The highest BCUT2D eigenvalue weighted by molar-refractivity contribution is 5.76. The minimum Gasteiger partial charge on any atom is -0.356 e. The molecule has 72 heavy (non-hydrogen) atoms. The zero-order chi connectivity index (χ0) is 50.9. The Labute approximate surface area is 444 Å². The van der Waals surface area contributed by atoms with E-state index >= 15 is 0 Å². The van der Waals surface area contributed by atoms with Crippen LogP contribution in [0.1, 0.15) is 260 Å². The van der Waals surface area contributed by atoms with Gasteiger partial charge >= 0.3 is 0 Å². The molecular formula is C66H116N4O2. The molecule has 0 bridgehead atoms. The summed E-state index contributed by atoms with van der Waals surface area (Å²) >= 11 is 0. The quantitative estimate of drug-likeness (QED) is 0.0511. The fraction of sp³-hybridized carbons (Fsp3) is 0.939. The Hall–Kier alpha value is -1.40. The lowest BCUT2D eigenvalue weighted by atomic mass is 9.44. The number of carbonyl (C=O) groups excluding carboxylic acids is 2. The van der Waals surface area contributed by atoms with E-state index in [1.165, 1.54) is 167 Å². The highest BCUT2D eigenvalue weighted by atomic mass is 16.2. The third kappa shape index (κ3) is 12.6. The molecule has 18 atom stereocenters. The maximum absolute atomic E-state index is 12.8. The molecule has 8 fully saturated rings. The highest BCUT2D eigenvalue weighted by Crippen LogP contribution is 2.71. The number of allylic oxidation sites excluding steroid dienone is 2. The lowest BCUT2D eigenvalue weighted by Gasteiger charge is -2.61. The number of fused-ring (bicyclic) bond motifs is 10. The lowest BCUT2D eigenvalue weighted by Crippen LogP contribution is -2.53. The molecule has 0 unspecified atom stereocenters. The molecule has 2 amide bonds. The van der Waals surface area contributed by atoms with Gasteiger partial charge in [0.05, 0.1) is 0 Å². The minimum atomic E-state index is 0.279. The van der Waals surface area contributed by atoms with Crippen molar-refractivity contribution >= 4 is 11.8 Å². The van der Waals surface area contributed by atoms with Gasteiger partial charge in [0.2, 0.25) is 11.8 Å². The Bertz CT molecular complexity index is 1610. The molecule has 0 saturated heterocycles. The van der Waals surface area contributed by atoms with Crippen molar-refractivity contribution in [2.24, 2.45) is 116 Å². The standard InChI is InChI=1S/C66H116N4O2/c1-47(21-31-61(71)69-43-17-11-7-9-15-41-67)55-27-29-57-53-25-23-51-45-49(33-37-63(51,3)59(53)35-39-65(55,57)5)19-13-14-20-50-34-38-64(4)52(46-50)24-26-54-58-30-28-56(66(58,6)40-36-60(54)64)48(2)22-32-62(72)70-44-18-12-8-10-16-42-68/h13-14,47-60H,7-12,15-46,67-68H2,1-6H3,(H,69,71)(H,70,72)/b14-13+/t47-,48-,49+,50+,51-,52-,53+,54+,55-,56-,57+,58+,59+,60+,63+,64+,65-,66-/m1/s1. The van der Waals surface area contributed by atoms with Crippen LogP contribution in [0, 0.1) is 105 Å². The fourth-order valence-corrected chi connectivity index (χ4v) is 21.0. The first kappa shape index (κ1) is 56.8. The van der Waals surface area contributed by atoms with E-state index in [1.54, 1.807) is 0 Å². The van der Waals surface area contributed by atoms with Gasteiger partial charge in [-0.2, -0.15) is 0 Å². The van der Waals surface area contributed by atoms with E-state index in [0.717, 1.165) is 136 Å². The van der Waals surface area contributed by atoms with Crippen LogP contribution >= 0.6 is 0 Å². The van der Waals surface area contributed by atoms with Crippen LogP contribution < -0.4 is 22.1 Å². The zero-order valence-corrected chi connectivity index (χ0v) is 48.1. The first-order valence-electron chi connectivity index (χ1n) is 32.3. The molecule has 0 aromatic carbocycles. The number of nitrogens with two attached hydrogens (primary N) is 2. The molecule has 6 heteroatoms. The van der Waals surface area contributed by atoms with Crippen molar-refractivity contribution in [1.29, 1.82) is 0 Å². The SMILES string of the molecule is C[C@H](CCC(=O)NCCCCCCCN)[C@H]1CC[C@H]2[C@@H]3CC[C@@H]4C[C@@H](C/C=C/C[C@H]5CC[C@@]6(C)[C@H](CC[C@@H]7[C@@H]6CC[C@]6(C)[C@@H]([C@H](C)CCC(=O)NCCCCCCCN)CC[C@@H]76)C5)CC[C@]4(C)[C@H]3CC[C@]12C. The Kier molecular flexibility index (Phi) is 20.4. The monoisotopic (exact) mass is 997 g/mol. The Morgan fingerprint density at radius 3 is 1.26 bits per heavy atom. The summed E-state index contributed by atoms with van der Waals surface area (Å²) in [5, 5.41) is 6.49. The van der Waals surface area contributed by atoms with Crippen LogP contribution in [0.5, 0.6) is 0 Å². The number of hydrogen-bond donors (Lipinski definition) is 4. The molecule has 412 valence electrons. The van der Waals surface area contributed by atoms with Gasteiger partial charge in [-0.1, -0.05) is 92.2 Å². The van der Waals surface area contributed by atoms with Crippen LogP contribution in [-0.2, 0) is 9.59 Å². The third-order valence-electron chi connectivity index (χ3n) is 25.2. The van der Waals surface area contributed by atoms with Crippen molar-refractivity contribution < 1.29 is 9.59 Å². The van der Waals surface area contributed by atoms with E-state index in [0.29, 0.717) is 46.3 Å². The summed E-state index contributed by atoms with van der Waals surface area (Å²) < 4.78 is 0. The zero-order valence-electron chi connectivity index (χ0n) is 48.1. The van der Waals surface area contributed by atoms with Crippen molar-refractivity contribution in [1.82, 2.24) is 10.6 Å². The molecule has 0 spiro atoms. The summed E-state index contributed by atoms with van der Waals surface area (Å²) in [5.74, 6) is 12.7. The topological polar surface area (TPSA) is 110 Å². The number of unbranched alkanes of at least 4 members (excludes halogenated alkanes) is 8. The number of carbonyl (C=O) groups is 2. The number of rotatable bonds is 26. The van der Waals surface area contributed by atoms with Gasteiger partial charge in [0.1, 0.15) is 0 Å². The Morgan fingerprint density at radius 2 is 0.847 bits per heavy atom. The predicted octanol–water partition coefficient (Wildman–Crippen LogP) is 15.8. The van der Waals surface area contributed by atoms with E-state index in [4.69, 9.17) is 11.5 Å². The molecule has 8 rings (SSSR count). The second kappa shape index (κ2) is 25.8. The van der Waals surface area contributed by atoms with Crippen molar-refractivity contribution in [2.45, 2.75) is 260 Å². The molecule has 6 N–H and O–H groups in total. The van der Waals surface area contributed by atoms with Crippen LogP contribution in [0.15, 0.2) is 12.2 Å². The summed E-state index contributed by atoms with van der Waals surface area (Å²) in [5.41, 5.74) is 13.4. The average molecular weight is 998 g/mol. The number of amides is 2.